The summed E-state index contributed by atoms with van der Waals surface area (Å²) < 4.78 is 13.7. The molecule has 0 N–H and O–H groups in total. The Morgan fingerprint density at radius 2 is 0.942 bits per heavy atom. The minimum Gasteiger partial charge on any atom is -0.455 e. The van der Waals surface area contributed by atoms with E-state index in [1.165, 1.54) is 77.1 Å². The van der Waals surface area contributed by atoms with Crippen LogP contribution >= 0.6 is 0 Å². The van der Waals surface area contributed by atoms with Gasteiger partial charge in [0.2, 0.25) is 0 Å². The van der Waals surface area contributed by atoms with E-state index in [0.29, 0.717) is 17.5 Å². The maximum atomic E-state index is 7.05. The molecule has 69 heavy (non-hydrogen) atoms. The van der Waals surface area contributed by atoms with Crippen LogP contribution < -0.4 is 0 Å². The SMILES string of the molecule is CC1(C)c2ccccc2-c2cc(-c3cc(-c4ccccc4)cc(-c4nc(-c5cccc6c5oc5ccccc56)nc(-c5ccc(C67CC8CC(CC(C8)C6)C7)c6c5oc5ccccc56)n4)c3)ccc21. The number of nitrogens with zero attached hydrogens (tertiary/aromatic N) is 3. The maximum Gasteiger partial charge on any atom is 0.167 e. The van der Waals surface area contributed by atoms with Crippen LogP contribution in [0, 0.1) is 17.8 Å². The summed E-state index contributed by atoms with van der Waals surface area (Å²) in [6.45, 7) is 4.67. The van der Waals surface area contributed by atoms with Gasteiger partial charge in [0.1, 0.15) is 22.3 Å². The van der Waals surface area contributed by atoms with Crippen LogP contribution in [0.3, 0.4) is 0 Å². The third-order valence-corrected chi connectivity index (χ3v) is 16.9. The number of hydrogen-bond donors (Lipinski definition) is 0. The molecule has 8 aromatic carbocycles. The van der Waals surface area contributed by atoms with Gasteiger partial charge in [0, 0.05) is 32.5 Å². The lowest BCUT2D eigenvalue weighted by Crippen LogP contribution is -2.48. The Bertz CT molecular complexity index is 3890. The monoisotopic (exact) mass is 891 g/mol. The highest BCUT2D eigenvalue weighted by Crippen LogP contribution is 2.62. The standard InChI is InChI=1S/C64H49N3O2/c1-63(2)52-20-9-6-15-45(52)51-33-41(23-25-53(51)63)43-30-42(40-13-4-3-5-14-40)31-44(32-43)60-65-61(49-19-12-18-47-46-16-7-10-21-55(46)68-58(47)49)67-62(66-60)50-24-26-54(57-48-17-8-11-22-56(48)69-59(50)57)64-34-37-27-38(35-64)29-39(28-37)36-64/h3-26,30-33,37-39H,27-29,34-36H2,1-2H3. The molecule has 11 aromatic rings. The van der Waals surface area contributed by atoms with Gasteiger partial charge in [0.15, 0.2) is 17.5 Å². The molecule has 0 atom stereocenters. The lowest BCUT2D eigenvalue weighted by Gasteiger charge is -2.57. The minimum absolute atomic E-state index is 0.0828. The van der Waals surface area contributed by atoms with Gasteiger partial charge in [0.05, 0.1) is 11.1 Å². The largest absolute Gasteiger partial charge is 0.455 e. The van der Waals surface area contributed by atoms with Gasteiger partial charge in [-0.15, -0.1) is 0 Å². The van der Waals surface area contributed by atoms with E-state index in [2.05, 4.69) is 172 Å². The predicted molar refractivity (Wildman–Crippen MR) is 279 cm³/mol. The zero-order valence-electron chi connectivity index (χ0n) is 38.8. The highest BCUT2D eigenvalue weighted by molar-refractivity contribution is 6.12. The molecule has 4 saturated carbocycles. The van der Waals surface area contributed by atoms with E-state index in [0.717, 1.165) is 89.8 Å². The van der Waals surface area contributed by atoms with Crippen molar-refractivity contribution in [2.24, 2.45) is 17.8 Å². The van der Waals surface area contributed by atoms with Gasteiger partial charge in [-0.25, -0.2) is 15.0 Å². The molecule has 5 aliphatic carbocycles. The van der Waals surface area contributed by atoms with Crippen molar-refractivity contribution in [2.45, 2.75) is 63.2 Å². The Hall–Kier alpha value is -7.63. The van der Waals surface area contributed by atoms with Crippen LogP contribution in [0.15, 0.2) is 179 Å². The molecule has 5 aliphatic rings. The molecule has 3 aromatic heterocycles. The summed E-state index contributed by atoms with van der Waals surface area (Å²) in [6.07, 6.45) is 7.99. The molecule has 0 aliphatic heterocycles. The molecule has 0 unspecified atom stereocenters. The first kappa shape index (κ1) is 39.4. The minimum atomic E-state index is -0.0828. The van der Waals surface area contributed by atoms with E-state index in [1.807, 2.05) is 12.1 Å². The van der Waals surface area contributed by atoms with Crippen LogP contribution in [0.1, 0.15) is 69.1 Å². The molecule has 0 amide bonds. The summed E-state index contributed by atoms with van der Waals surface area (Å²) >= 11 is 0. The van der Waals surface area contributed by atoms with E-state index in [-0.39, 0.29) is 10.8 Å². The smallest absolute Gasteiger partial charge is 0.167 e. The summed E-state index contributed by atoms with van der Waals surface area (Å²) in [5.74, 6) is 4.16. The highest BCUT2D eigenvalue weighted by Gasteiger charge is 2.52. The van der Waals surface area contributed by atoms with Gasteiger partial charge in [-0.1, -0.05) is 135 Å². The van der Waals surface area contributed by atoms with Gasteiger partial charge in [-0.2, -0.15) is 0 Å². The zero-order valence-corrected chi connectivity index (χ0v) is 38.8. The third kappa shape index (κ3) is 5.92. The fraction of sp³-hybridized carbons (Fsp3) is 0.203. The Kier molecular flexibility index (Phi) is 8.24. The molecule has 5 heteroatoms. The highest BCUT2D eigenvalue weighted by atomic mass is 16.3. The first-order chi connectivity index (χ1) is 33.8. The average molecular weight is 892 g/mol. The first-order valence-corrected chi connectivity index (χ1v) is 24.9. The molecule has 332 valence electrons. The number of rotatable bonds is 6. The summed E-state index contributed by atoms with van der Waals surface area (Å²) in [5.41, 5.74) is 17.2. The Labute approximate surface area is 400 Å². The fourth-order valence-corrected chi connectivity index (χ4v) is 14.2. The quantitative estimate of drug-likeness (QED) is 0.166. The van der Waals surface area contributed by atoms with Gasteiger partial charge < -0.3 is 8.83 Å². The molecule has 0 saturated heterocycles. The Morgan fingerprint density at radius 3 is 1.71 bits per heavy atom. The van der Waals surface area contributed by atoms with E-state index >= 15 is 0 Å². The van der Waals surface area contributed by atoms with Crippen molar-refractivity contribution in [1.82, 2.24) is 15.0 Å². The number of aromatic nitrogens is 3. The molecule has 4 bridgehead atoms. The van der Waals surface area contributed by atoms with Crippen molar-refractivity contribution in [2.75, 3.05) is 0 Å². The van der Waals surface area contributed by atoms with Crippen molar-refractivity contribution in [3.63, 3.8) is 0 Å². The van der Waals surface area contributed by atoms with Crippen molar-refractivity contribution < 1.29 is 8.83 Å². The second-order valence-electron chi connectivity index (χ2n) is 21.3. The molecule has 0 radical (unpaired) electrons. The van der Waals surface area contributed by atoms with Gasteiger partial charge in [0.25, 0.3) is 0 Å². The maximum absolute atomic E-state index is 7.05. The zero-order chi connectivity index (χ0) is 45.6. The van der Waals surface area contributed by atoms with Crippen LogP contribution in [-0.4, -0.2) is 15.0 Å². The fourth-order valence-electron chi connectivity index (χ4n) is 14.2. The van der Waals surface area contributed by atoms with Crippen molar-refractivity contribution in [1.29, 1.82) is 0 Å². The third-order valence-electron chi connectivity index (χ3n) is 16.9. The molecule has 4 fully saturated rings. The molecule has 0 spiro atoms. The molecule has 16 rings (SSSR count). The van der Waals surface area contributed by atoms with Crippen molar-refractivity contribution in [3.05, 3.63) is 187 Å². The van der Waals surface area contributed by atoms with Crippen LogP contribution in [0.2, 0.25) is 0 Å². The second kappa shape index (κ2) is 14.4. The van der Waals surface area contributed by atoms with Gasteiger partial charge in [-0.05, 0) is 160 Å². The van der Waals surface area contributed by atoms with Crippen LogP contribution in [-0.2, 0) is 10.8 Å². The van der Waals surface area contributed by atoms with Gasteiger partial charge in [-0.3, -0.25) is 0 Å². The van der Waals surface area contributed by atoms with Crippen molar-refractivity contribution >= 4 is 43.9 Å². The van der Waals surface area contributed by atoms with Crippen molar-refractivity contribution in [3.8, 4) is 67.5 Å². The first-order valence-electron chi connectivity index (χ1n) is 24.9. The van der Waals surface area contributed by atoms with E-state index in [9.17, 15) is 0 Å². The predicted octanol–water partition coefficient (Wildman–Crippen LogP) is 16.8. The van der Waals surface area contributed by atoms with E-state index in [1.54, 1.807) is 0 Å². The topological polar surface area (TPSA) is 65.0 Å². The average Bonchev–Trinajstić information content (AvgIpc) is 4.03. The molecular formula is C64H49N3O2. The summed E-state index contributed by atoms with van der Waals surface area (Å²) in [4.78, 5) is 16.4. The van der Waals surface area contributed by atoms with Gasteiger partial charge >= 0.3 is 0 Å². The van der Waals surface area contributed by atoms with E-state index < -0.39 is 0 Å². The number of furan rings is 2. The number of benzene rings is 8. The second-order valence-corrected chi connectivity index (χ2v) is 21.3. The molecule has 3 heterocycles. The Balaban J connectivity index is 0.975. The lowest BCUT2D eigenvalue weighted by atomic mass is 9.47. The molecule has 5 nitrogen and oxygen atoms in total. The van der Waals surface area contributed by atoms with Crippen LogP contribution in [0.25, 0.3) is 111 Å². The van der Waals surface area contributed by atoms with E-state index in [4.69, 9.17) is 23.8 Å². The van der Waals surface area contributed by atoms with Crippen LogP contribution in [0.4, 0.5) is 0 Å². The Morgan fingerprint density at radius 1 is 0.391 bits per heavy atom. The van der Waals surface area contributed by atoms with Crippen LogP contribution in [0.5, 0.6) is 0 Å². The summed E-state index contributed by atoms with van der Waals surface area (Å²) in [6, 6.07) is 61.1. The number of para-hydroxylation sites is 3. The lowest BCUT2D eigenvalue weighted by molar-refractivity contribution is -0.00447. The normalized spacial score (nSPS) is 20.9. The molecular weight excluding hydrogens is 843 g/mol. The number of fused-ring (bicyclic) bond motifs is 9. The summed E-state index contributed by atoms with van der Waals surface area (Å²) in [7, 11) is 0. The number of hydrogen-bond acceptors (Lipinski definition) is 5. The summed E-state index contributed by atoms with van der Waals surface area (Å²) in [5, 5.41) is 4.49.